The summed E-state index contributed by atoms with van der Waals surface area (Å²) in [7, 11) is 0. The average Bonchev–Trinajstić information content (AvgIpc) is 2.19. The second kappa shape index (κ2) is 5.36. The van der Waals surface area contributed by atoms with Gasteiger partial charge in [0.15, 0.2) is 0 Å². The van der Waals surface area contributed by atoms with Crippen LogP contribution in [0.5, 0.6) is 5.88 Å². The fourth-order valence-corrected chi connectivity index (χ4v) is 1.82. The number of rotatable bonds is 3. The third-order valence-corrected chi connectivity index (χ3v) is 2.52. The predicted octanol–water partition coefficient (Wildman–Crippen LogP) is 3.25. The van der Waals surface area contributed by atoms with Crippen LogP contribution in [0.25, 0.3) is 0 Å². The molecular weight excluding hydrogens is 301 g/mol. The summed E-state index contributed by atoms with van der Waals surface area (Å²) in [6.45, 7) is 1.56. The Kier molecular flexibility index (Phi) is 4.34. The van der Waals surface area contributed by atoms with Crippen molar-refractivity contribution in [3.05, 3.63) is 22.9 Å². The van der Waals surface area contributed by atoms with E-state index in [-0.39, 0.29) is 12.0 Å². The van der Waals surface area contributed by atoms with Gasteiger partial charge in [0.2, 0.25) is 5.88 Å². The number of alkyl halides is 4. The Morgan fingerprint density at radius 1 is 1.53 bits per heavy atom. The Morgan fingerprint density at radius 3 is 2.65 bits per heavy atom. The molecule has 92 valence electrons. The van der Waals surface area contributed by atoms with Gasteiger partial charge in [-0.05, 0) is 18.6 Å². The Labute approximate surface area is 104 Å². The second-order valence-corrected chi connectivity index (χ2v) is 3.78. The van der Waals surface area contributed by atoms with Gasteiger partial charge in [-0.25, -0.2) is 4.98 Å². The van der Waals surface area contributed by atoms with Crippen LogP contribution in [0.15, 0.2) is 6.07 Å². The quantitative estimate of drug-likeness (QED) is 0.805. The third kappa shape index (κ3) is 3.89. The topological polar surface area (TPSA) is 45.9 Å². The highest BCUT2D eigenvalue weighted by Gasteiger charge is 2.33. The van der Waals surface area contributed by atoms with E-state index in [4.69, 9.17) is 5.26 Å². The molecule has 0 atom stereocenters. The van der Waals surface area contributed by atoms with E-state index in [9.17, 15) is 13.2 Å². The Bertz CT molecular complexity index is 454. The summed E-state index contributed by atoms with van der Waals surface area (Å²) in [4.78, 5) is 3.67. The summed E-state index contributed by atoms with van der Waals surface area (Å²) in [6, 6.07) is 3.41. The first-order valence-electron chi connectivity index (χ1n) is 4.55. The molecule has 7 heteroatoms. The molecule has 1 heterocycles. The van der Waals surface area contributed by atoms with Gasteiger partial charge >= 0.3 is 6.36 Å². The summed E-state index contributed by atoms with van der Waals surface area (Å²) < 4.78 is 40.3. The van der Waals surface area contributed by atoms with Crippen LogP contribution in [0.2, 0.25) is 0 Å². The first-order chi connectivity index (χ1) is 7.87. The summed E-state index contributed by atoms with van der Waals surface area (Å²) in [6.07, 6.45) is -4.99. The zero-order valence-corrected chi connectivity index (χ0v) is 10.4. The van der Waals surface area contributed by atoms with Crippen LogP contribution in [0, 0.1) is 18.3 Å². The molecule has 0 saturated heterocycles. The minimum Gasteiger partial charge on any atom is -0.388 e. The lowest BCUT2D eigenvalue weighted by atomic mass is 10.1. The van der Waals surface area contributed by atoms with Crippen LogP contribution in [0.1, 0.15) is 16.8 Å². The van der Waals surface area contributed by atoms with Gasteiger partial charge in [-0.1, -0.05) is 15.9 Å². The van der Waals surface area contributed by atoms with E-state index in [0.29, 0.717) is 16.6 Å². The predicted molar refractivity (Wildman–Crippen MR) is 57.6 cm³/mol. The Morgan fingerprint density at radius 2 is 2.18 bits per heavy atom. The first kappa shape index (κ1) is 13.8. The number of pyridine rings is 1. The fraction of sp³-hybridized carbons (Fsp3) is 0.400. The number of hydrogen-bond donors (Lipinski definition) is 0. The molecule has 0 radical (unpaired) electrons. The van der Waals surface area contributed by atoms with Gasteiger partial charge in [-0.15, -0.1) is 13.2 Å². The number of nitrogens with zero attached hydrogens (tertiary/aromatic N) is 2. The van der Waals surface area contributed by atoms with Crippen molar-refractivity contribution in [2.24, 2.45) is 0 Å². The number of nitriles is 1. The lowest BCUT2D eigenvalue weighted by Gasteiger charge is -2.14. The molecule has 0 unspecified atom stereocenters. The van der Waals surface area contributed by atoms with Crippen molar-refractivity contribution < 1.29 is 17.9 Å². The molecule has 0 aliphatic carbocycles. The lowest BCUT2D eigenvalue weighted by Crippen LogP contribution is -2.19. The summed E-state index contributed by atoms with van der Waals surface area (Å²) in [5, 5.41) is 8.94. The molecule has 1 rings (SSSR count). The monoisotopic (exact) mass is 308 g/mol. The fourth-order valence-electron chi connectivity index (χ4n) is 1.32. The van der Waals surface area contributed by atoms with Crippen LogP contribution in [0.4, 0.5) is 13.2 Å². The summed E-state index contributed by atoms with van der Waals surface area (Å²) in [5.41, 5.74) is 1.13. The van der Waals surface area contributed by atoms with Gasteiger partial charge in [0.1, 0.15) is 0 Å². The van der Waals surface area contributed by atoms with E-state index < -0.39 is 12.2 Å². The molecular formula is C10H8BrF3N2O. The Balaban J connectivity index is 3.26. The molecule has 0 amide bonds. The Hall–Kier alpha value is -1.29. The van der Waals surface area contributed by atoms with Crippen LogP contribution in [-0.4, -0.2) is 11.3 Å². The molecule has 1 aromatic heterocycles. The molecule has 0 fully saturated rings. The number of aryl methyl sites for hydroxylation is 1. The van der Waals surface area contributed by atoms with Gasteiger partial charge in [0.05, 0.1) is 12.5 Å². The summed E-state index contributed by atoms with van der Waals surface area (Å²) in [5.74, 6) is -0.548. The highest BCUT2D eigenvalue weighted by atomic mass is 79.9. The number of hydrogen-bond acceptors (Lipinski definition) is 3. The van der Waals surface area contributed by atoms with Gasteiger partial charge in [-0.3, -0.25) is 0 Å². The number of halogens is 4. The maximum atomic E-state index is 12.2. The summed E-state index contributed by atoms with van der Waals surface area (Å²) >= 11 is 3.15. The normalized spacial score (nSPS) is 11.1. The number of aromatic nitrogens is 1. The van der Waals surface area contributed by atoms with Crippen molar-refractivity contribution in [1.29, 1.82) is 5.26 Å². The van der Waals surface area contributed by atoms with Crippen molar-refractivity contribution >= 4 is 15.9 Å². The van der Waals surface area contributed by atoms with E-state index in [0.717, 1.165) is 0 Å². The molecule has 0 aliphatic rings. The zero-order chi connectivity index (χ0) is 13.1. The van der Waals surface area contributed by atoms with E-state index in [1.54, 1.807) is 19.1 Å². The minimum atomic E-state index is -4.81. The van der Waals surface area contributed by atoms with Crippen molar-refractivity contribution in [2.45, 2.75) is 25.0 Å². The lowest BCUT2D eigenvalue weighted by molar-refractivity contribution is -0.276. The van der Waals surface area contributed by atoms with E-state index in [2.05, 4.69) is 25.7 Å². The van der Waals surface area contributed by atoms with Gasteiger partial charge in [0.25, 0.3) is 0 Å². The smallest absolute Gasteiger partial charge is 0.388 e. The third-order valence-electron chi connectivity index (χ3n) is 1.92. The van der Waals surface area contributed by atoms with Crippen LogP contribution >= 0.6 is 15.9 Å². The minimum absolute atomic E-state index is 0.160. The highest BCUT2D eigenvalue weighted by molar-refractivity contribution is 9.08. The van der Waals surface area contributed by atoms with Crippen molar-refractivity contribution in [2.75, 3.05) is 0 Å². The molecule has 17 heavy (non-hydrogen) atoms. The second-order valence-electron chi connectivity index (χ2n) is 3.22. The van der Waals surface area contributed by atoms with Gasteiger partial charge in [0, 0.05) is 16.6 Å². The maximum absolute atomic E-state index is 12.2. The molecule has 0 saturated carbocycles. The first-order valence-corrected chi connectivity index (χ1v) is 5.67. The molecule has 0 spiro atoms. The number of ether oxygens (including phenoxy) is 1. The van der Waals surface area contributed by atoms with E-state index >= 15 is 0 Å². The van der Waals surface area contributed by atoms with Crippen molar-refractivity contribution in [3.63, 3.8) is 0 Å². The van der Waals surface area contributed by atoms with Crippen LogP contribution in [0.3, 0.4) is 0 Å². The van der Waals surface area contributed by atoms with Crippen LogP contribution < -0.4 is 4.74 Å². The van der Waals surface area contributed by atoms with Gasteiger partial charge < -0.3 is 4.74 Å². The maximum Gasteiger partial charge on any atom is 0.574 e. The molecule has 1 aromatic rings. The SMILES string of the molecule is Cc1cc(CBr)c(CC#N)c(OC(F)(F)F)n1. The van der Waals surface area contributed by atoms with Crippen molar-refractivity contribution in [1.82, 2.24) is 4.98 Å². The molecule has 0 aromatic carbocycles. The largest absolute Gasteiger partial charge is 0.574 e. The molecule has 0 bridgehead atoms. The van der Waals surface area contributed by atoms with Gasteiger partial charge in [-0.2, -0.15) is 5.26 Å². The average molecular weight is 309 g/mol. The van der Waals surface area contributed by atoms with Crippen LogP contribution in [-0.2, 0) is 11.8 Å². The molecule has 0 N–H and O–H groups in total. The standard InChI is InChI=1S/C10H8BrF3N2O/c1-6-4-7(5-11)8(2-3-15)9(16-6)17-10(12,13)14/h4H,2,5H2,1H3. The van der Waals surface area contributed by atoms with Crippen molar-refractivity contribution in [3.8, 4) is 11.9 Å². The zero-order valence-electron chi connectivity index (χ0n) is 8.81. The van der Waals surface area contributed by atoms with E-state index in [1.165, 1.54) is 0 Å². The van der Waals surface area contributed by atoms with E-state index in [1.807, 2.05) is 0 Å². The highest BCUT2D eigenvalue weighted by Crippen LogP contribution is 2.28. The molecule has 3 nitrogen and oxygen atoms in total. The molecule has 0 aliphatic heterocycles.